The second-order valence-electron chi connectivity index (χ2n) is 5.42. The van der Waals surface area contributed by atoms with Crippen LogP contribution >= 0.6 is 0 Å². The van der Waals surface area contributed by atoms with Gasteiger partial charge < -0.3 is 15.4 Å². The molecule has 0 bridgehead atoms. The van der Waals surface area contributed by atoms with Crippen molar-refractivity contribution in [3.63, 3.8) is 0 Å². The second kappa shape index (κ2) is 8.17. The number of benzene rings is 2. The van der Waals surface area contributed by atoms with Crippen LogP contribution in [0.3, 0.4) is 0 Å². The maximum absolute atomic E-state index is 12.8. The van der Waals surface area contributed by atoms with Gasteiger partial charge in [0.15, 0.2) is 0 Å². The van der Waals surface area contributed by atoms with Crippen LogP contribution in [0.4, 0.5) is 15.8 Å². The van der Waals surface area contributed by atoms with Gasteiger partial charge in [-0.15, -0.1) is 0 Å². The van der Waals surface area contributed by atoms with E-state index in [2.05, 4.69) is 10.6 Å². The standard InChI is InChI=1S/C18H21FN2O2/c1-13(2)23-17-9-7-15(8-10-17)20-12-11-18(22)21-16-5-3-14(19)4-6-16/h3-10,13,20H,11-12H2,1-2H3,(H,21,22). The highest BCUT2D eigenvalue weighted by Gasteiger charge is 2.03. The van der Waals surface area contributed by atoms with Gasteiger partial charge in [-0.25, -0.2) is 4.39 Å². The van der Waals surface area contributed by atoms with E-state index < -0.39 is 0 Å². The second-order valence-corrected chi connectivity index (χ2v) is 5.42. The molecule has 5 heteroatoms. The van der Waals surface area contributed by atoms with Crippen LogP contribution in [-0.4, -0.2) is 18.6 Å². The van der Waals surface area contributed by atoms with Crippen molar-refractivity contribution in [3.8, 4) is 5.75 Å². The SMILES string of the molecule is CC(C)Oc1ccc(NCCC(=O)Nc2ccc(F)cc2)cc1. The number of anilines is 2. The number of carbonyl (C=O) groups excluding carboxylic acids is 1. The molecule has 23 heavy (non-hydrogen) atoms. The molecule has 0 saturated carbocycles. The van der Waals surface area contributed by atoms with Gasteiger partial charge in [-0.3, -0.25) is 4.79 Å². The van der Waals surface area contributed by atoms with Gasteiger partial charge in [0, 0.05) is 24.3 Å². The molecule has 2 aromatic carbocycles. The highest BCUT2D eigenvalue weighted by atomic mass is 19.1. The summed E-state index contributed by atoms with van der Waals surface area (Å²) < 4.78 is 18.3. The third kappa shape index (κ3) is 5.98. The molecule has 0 atom stereocenters. The molecule has 0 spiro atoms. The molecule has 4 nitrogen and oxygen atoms in total. The summed E-state index contributed by atoms with van der Waals surface area (Å²) >= 11 is 0. The fourth-order valence-corrected chi connectivity index (χ4v) is 2.00. The largest absolute Gasteiger partial charge is 0.491 e. The number of hydrogen-bond acceptors (Lipinski definition) is 3. The minimum atomic E-state index is -0.324. The fraction of sp³-hybridized carbons (Fsp3) is 0.278. The zero-order valence-corrected chi connectivity index (χ0v) is 13.3. The average Bonchev–Trinajstić information content (AvgIpc) is 2.51. The van der Waals surface area contributed by atoms with Gasteiger partial charge in [0.25, 0.3) is 0 Å². The van der Waals surface area contributed by atoms with Gasteiger partial charge >= 0.3 is 0 Å². The molecule has 0 saturated heterocycles. The van der Waals surface area contributed by atoms with E-state index in [1.165, 1.54) is 24.3 Å². The van der Waals surface area contributed by atoms with Gasteiger partial charge in [-0.05, 0) is 62.4 Å². The van der Waals surface area contributed by atoms with Crippen molar-refractivity contribution in [2.45, 2.75) is 26.4 Å². The molecule has 0 aromatic heterocycles. The fourth-order valence-electron chi connectivity index (χ4n) is 2.00. The number of hydrogen-bond donors (Lipinski definition) is 2. The Morgan fingerprint density at radius 2 is 1.65 bits per heavy atom. The summed E-state index contributed by atoms with van der Waals surface area (Å²) in [4.78, 5) is 11.8. The van der Waals surface area contributed by atoms with Crippen LogP contribution in [0.1, 0.15) is 20.3 Å². The first kappa shape index (κ1) is 16.8. The summed E-state index contributed by atoms with van der Waals surface area (Å²) in [6.07, 6.45) is 0.464. The Kier molecular flexibility index (Phi) is 5.97. The van der Waals surface area contributed by atoms with E-state index >= 15 is 0 Å². The van der Waals surface area contributed by atoms with Crippen molar-refractivity contribution < 1.29 is 13.9 Å². The van der Waals surface area contributed by atoms with Crippen LogP contribution in [0.15, 0.2) is 48.5 Å². The van der Waals surface area contributed by atoms with Crippen LogP contribution < -0.4 is 15.4 Å². The molecule has 2 N–H and O–H groups in total. The Hall–Kier alpha value is -2.56. The van der Waals surface area contributed by atoms with Gasteiger partial charge in [0.2, 0.25) is 5.91 Å². The third-order valence-corrected chi connectivity index (χ3v) is 3.04. The lowest BCUT2D eigenvalue weighted by Crippen LogP contribution is -2.16. The Morgan fingerprint density at radius 3 is 2.26 bits per heavy atom. The highest BCUT2D eigenvalue weighted by molar-refractivity contribution is 5.90. The normalized spacial score (nSPS) is 10.4. The Bertz CT molecular complexity index is 624. The molecule has 2 aromatic rings. The number of halogens is 1. The predicted octanol–water partition coefficient (Wildman–Crippen LogP) is 4.05. The van der Waals surface area contributed by atoms with Gasteiger partial charge in [0.05, 0.1) is 6.10 Å². The molecule has 0 heterocycles. The molecular formula is C18H21FN2O2. The maximum atomic E-state index is 12.8. The molecule has 122 valence electrons. The zero-order valence-electron chi connectivity index (χ0n) is 13.3. The smallest absolute Gasteiger partial charge is 0.226 e. The van der Waals surface area contributed by atoms with Gasteiger partial charge in [-0.1, -0.05) is 0 Å². The van der Waals surface area contributed by atoms with E-state index in [4.69, 9.17) is 4.74 Å². The third-order valence-electron chi connectivity index (χ3n) is 3.04. The first-order valence-electron chi connectivity index (χ1n) is 7.59. The molecule has 0 aliphatic carbocycles. The molecular weight excluding hydrogens is 295 g/mol. The summed E-state index contributed by atoms with van der Waals surface area (Å²) in [7, 11) is 0. The zero-order chi connectivity index (χ0) is 16.7. The Labute approximate surface area is 135 Å². The van der Waals surface area contributed by atoms with Gasteiger partial charge in [0.1, 0.15) is 11.6 Å². The Morgan fingerprint density at radius 1 is 1.04 bits per heavy atom. The maximum Gasteiger partial charge on any atom is 0.226 e. The van der Waals surface area contributed by atoms with Crippen molar-refractivity contribution in [2.75, 3.05) is 17.2 Å². The topological polar surface area (TPSA) is 50.4 Å². The molecule has 0 aliphatic heterocycles. The van der Waals surface area contributed by atoms with Crippen LogP contribution in [0.2, 0.25) is 0 Å². The predicted molar refractivity (Wildman–Crippen MR) is 90.3 cm³/mol. The quantitative estimate of drug-likeness (QED) is 0.810. The van der Waals surface area contributed by atoms with E-state index in [1.54, 1.807) is 0 Å². The summed E-state index contributed by atoms with van der Waals surface area (Å²) in [6.45, 7) is 4.47. The minimum Gasteiger partial charge on any atom is -0.491 e. The Balaban J connectivity index is 1.73. The number of nitrogens with one attached hydrogen (secondary N) is 2. The lowest BCUT2D eigenvalue weighted by atomic mass is 10.2. The van der Waals surface area contributed by atoms with Crippen molar-refractivity contribution >= 4 is 17.3 Å². The molecule has 0 unspecified atom stereocenters. The summed E-state index contributed by atoms with van der Waals surface area (Å²) in [5, 5.41) is 5.90. The lowest BCUT2D eigenvalue weighted by Gasteiger charge is -2.11. The number of amides is 1. The van der Waals surface area contributed by atoms with Gasteiger partial charge in [-0.2, -0.15) is 0 Å². The monoisotopic (exact) mass is 316 g/mol. The lowest BCUT2D eigenvalue weighted by molar-refractivity contribution is -0.115. The van der Waals surface area contributed by atoms with E-state index in [0.29, 0.717) is 18.7 Å². The number of carbonyl (C=O) groups is 1. The van der Waals surface area contributed by atoms with Crippen LogP contribution in [0, 0.1) is 5.82 Å². The molecule has 2 rings (SSSR count). The summed E-state index contributed by atoms with van der Waals surface area (Å²) in [5.74, 6) is 0.373. The van der Waals surface area contributed by atoms with Crippen molar-refractivity contribution in [3.05, 3.63) is 54.3 Å². The summed E-state index contributed by atoms with van der Waals surface area (Å²) in [5.41, 5.74) is 1.52. The van der Waals surface area contributed by atoms with E-state index in [1.807, 2.05) is 38.1 Å². The van der Waals surface area contributed by atoms with E-state index in [0.717, 1.165) is 11.4 Å². The first-order chi connectivity index (χ1) is 11.0. The van der Waals surface area contributed by atoms with Crippen LogP contribution in [0.25, 0.3) is 0 Å². The molecule has 1 amide bonds. The first-order valence-corrected chi connectivity index (χ1v) is 7.59. The van der Waals surface area contributed by atoms with E-state index in [-0.39, 0.29) is 17.8 Å². The van der Waals surface area contributed by atoms with Crippen molar-refractivity contribution in [1.82, 2.24) is 0 Å². The number of ether oxygens (including phenoxy) is 1. The van der Waals surface area contributed by atoms with E-state index in [9.17, 15) is 9.18 Å². The molecule has 0 fully saturated rings. The van der Waals surface area contributed by atoms with Crippen molar-refractivity contribution in [1.29, 1.82) is 0 Å². The van der Waals surface area contributed by atoms with Crippen molar-refractivity contribution in [2.24, 2.45) is 0 Å². The van der Waals surface area contributed by atoms with Crippen LogP contribution in [0.5, 0.6) is 5.75 Å². The van der Waals surface area contributed by atoms with Crippen LogP contribution in [-0.2, 0) is 4.79 Å². The minimum absolute atomic E-state index is 0.121. The molecule has 0 aliphatic rings. The number of rotatable bonds is 7. The highest BCUT2D eigenvalue weighted by Crippen LogP contribution is 2.17. The molecule has 0 radical (unpaired) electrons. The average molecular weight is 316 g/mol. The summed E-state index contributed by atoms with van der Waals surface area (Å²) in [6, 6.07) is 13.3.